The third kappa shape index (κ3) is 3.58. The summed E-state index contributed by atoms with van der Waals surface area (Å²) >= 11 is 0. The van der Waals surface area contributed by atoms with Gasteiger partial charge in [-0.15, -0.1) is 0 Å². The van der Waals surface area contributed by atoms with Crippen LogP contribution in [0.25, 0.3) is 0 Å². The number of hydrogen-bond donors (Lipinski definition) is 1. The highest BCUT2D eigenvalue weighted by molar-refractivity contribution is 5.80. The summed E-state index contributed by atoms with van der Waals surface area (Å²) < 4.78 is 5.32. The Labute approximate surface area is 148 Å². The maximum atomic E-state index is 13.0. The molecule has 25 heavy (non-hydrogen) atoms. The van der Waals surface area contributed by atoms with E-state index >= 15 is 0 Å². The second kappa shape index (κ2) is 7.35. The van der Waals surface area contributed by atoms with Gasteiger partial charge in [0.2, 0.25) is 11.8 Å². The van der Waals surface area contributed by atoms with E-state index in [4.69, 9.17) is 10.3 Å². The molecule has 0 radical (unpaired) electrons. The number of hydrogen-bond acceptors (Lipinski definition) is 5. The van der Waals surface area contributed by atoms with Crippen LogP contribution in [0.1, 0.15) is 68.9 Å². The number of nitrogens with zero attached hydrogens (tertiary/aromatic N) is 3. The topological polar surface area (TPSA) is 85.2 Å². The molecular weight excluding hydrogens is 316 g/mol. The summed E-state index contributed by atoms with van der Waals surface area (Å²) in [5.41, 5.74) is 7.31. The van der Waals surface area contributed by atoms with E-state index in [1.54, 1.807) is 0 Å². The van der Waals surface area contributed by atoms with Gasteiger partial charge in [0.25, 0.3) is 0 Å². The van der Waals surface area contributed by atoms with Crippen molar-refractivity contribution < 1.29 is 9.32 Å². The molecule has 0 bridgehead atoms. The lowest BCUT2D eigenvalue weighted by molar-refractivity contribution is -0.136. The van der Waals surface area contributed by atoms with Crippen LogP contribution in [0.3, 0.4) is 0 Å². The molecule has 1 fully saturated rings. The van der Waals surface area contributed by atoms with E-state index in [1.165, 1.54) is 0 Å². The summed E-state index contributed by atoms with van der Waals surface area (Å²) in [6.45, 7) is 6.62. The molecule has 3 atom stereocenters. The second-order valence-corrected chi connectivity index (χ2v) is 7.06. The van der Waals surface area contributed by atoms with Crippen molar-refractivity contribution in [1.82, 2.24) is 15.0 Å². The Morgan fingerprint density at radius 3 is 2.64 bits per heavy atom. The fourth-order valence-corrected chi connectivity index (χ4v) is 3.30. The Kier molecular flexibility index (Phi) is 5.18. The molecule has 1 aromatic carbocycles. The largest absolute Gasteiger partial charge is 0.339 e. The van der Waals surface area contributed by atoms with E-state index in [2.05, 4.69) is 10.1 Å². The van der Waals surface area contributed by atoms with Gasteiger partial charge in [-0.25, -0.2) is 0 Å². The number of likely N-dealkylation sites (tertiary alicyclic amines) is 1. The van der Waals surface area contributed by atoms with Crippen LogP contribution in [0, 0.1) is 5.92 Å². The number of aromatic nitrogens is 2. The molecule has 0 spiro atoms. The van der Waals surface area contributed by atoms with Crippen LogP contribution in [0.15, 0.2) is 34.9 Å². The number of amides is 1. The van der Waals surface area contributed by atoms with Gasteiger partial charge in [0.15, 0.2) is 5.82 Å². The van der Waals surface area contributed by atoms with Crippen molar-refractivity contribution in [3.05, 3.63) is 47.6 Å². The quantitative estimate of drug-likeness (QED) is 0.902. The molecule has 1 saturated heterocycles. The zero-order chi connectivity index (χ0) is 18.0. The zero-order valence-electron chi connectivity index (χ0n) is 15.1. The smallest absolute Gasteiger partial charge is 0.229 e. The minimum absolute atomic E-state index is 0.0507. The summed E-state index contributed by atoms with van der Waals surface area (Å²) in [4.78, 5) is 19.4. The van der Waals surface area contributed by atoms with Crippen LogP contribution < -0.4 is 5.73 Å². The molecule has 3 rings (SSSR count). The van der Waals surface area contributed by atoms with E-state index in [-0.39, 0.29) is 29.8 Å². The normalized spacial score (nSPS) is 20.0. The van der Waals surface area contributed by atoms with Gasteiger partial charge in [-0.3, -0.25) is 4.79 Å². The van der Waals surface area contributed by atoms with Crippen molar-refractivity contribution in [2.45, 2.75) is 51.6 Å². The average Bonchev–Trinajstić information content (AvgIpc) is 3.29. The Morgan fingerprint density at radius 2 is 2.00 bits per heavy atom. The van der Waals surface area contributed by atoms with Gasteiger partial charge in [-0.1, -0.05) is 56.3 Å². The van der Waals surface area contributed by atoms with Crippen LogP contribution in [0.4, 0.5) is 0 Å². The minimum Gasteiger partial charge on any atom is -0.339 e. The van der Waals surface area contributed by atoms with Gasteiger partial charge in [0.1, 0.15) is 0 Å². The first-order valence-corrected chi connectivity index (χ1v) is 8.93. The lowest BCUT2D eigenvalue weighted by Gasteiger charge is -2.28. The van der Waals surface area contributed by atoms with Crippen LogP contribution in [0.5, 0.6) is 0 Å². The van der Waals surface area contributed by atoms with Gasteiger partial charge in [0.05, 0.1) is 12.0 Å². The molecule has 2 heterocycles. The van der Waals surface area contributed by atoms with Crippen molar-refractivity contribution >= 4 is 5.91 Å². The van der Waals surface area contributed by atoms with Crippen molar-refractivity contribution in [3.63, 3.8) is 0 Å². The lowest BCUT2D eigenvalue weighted by Crippen LogP contribution is -2.39. The van der Waals surface area contributed by atoms with Crippen molar-refractivity contribution in [3.8, 4) is 0 Å². The van der Waals surface area contributed by atoms with E-state index in [9.17, 15) is 4.79 Å². The standard InChI is InChI=1S/C19H26N4O2/c1-12(2)18-21-17(22-25-18)15-10-7-11-23(15)19(24)13(3)16(20)14-8-5-4-6-9-14/h4-6,8-9,12-13,15-16H,7,10-11,20H2,1-3H3. The molecular formula is C19H26N4O2. The number of nitrogens with two attached hydrogens (primary N) is 1. The molecule has 6 nitrogen and oxygen atoms in total. The highest BCUT2D eigenvalue weighted by atomic mass is 16.5. The lowest BCUT2D eigenvalue weighted by atomic mass is 9.94. The van der Waals surface area contributed by atoms with Gasteiger partial charge in [0, 0.05) is 18.5 Å². The number of rotatable bonds is 5. The molecule has 3 unspecified atom stereocenters. The molecule has 2 aromatic rings. The van der Waals surface area contributed by atoms with Gasteiger partial charge >= 0.3 is 0 Å². The Morgan fingerprint density at radius 1 is 1.28 bits per heavy atom. The van der Waals surface area contributed by atoms with Crippen LogP contribution in [0.2, 0.25) is 0 Å². The Balaban J connectivity index is 1.75. The first kappa shape index (κ1) is 17.6. The number of carbonyl (C=O) groups excluding carboxylic acids is 1. The summed E-state index contributed by atoms with van der Waals surface area (Å²) in [6, 6.07) is 9.31. The molecule has 1 aliphatic heterocycles. The monoisotopic (exact) mass is 342 g/mol. The van der Waals surface area contributed by atoms with E-state index in [0.717, 1.165) is 18.4 Å². The maximum absolute atomic E-state index is 13.0. The molecule has 1 amide bonds. The highest BCUT2D eigenvalue weighted by Gasteiger charge is 2.37. The van der Waals surface area contributed by atoms with Crippen molar-refractivity contribution in [2.75, 3.05) is 6.54 Å². The van der Waals surface area contributed by atoms with E-state index in [0.29, 0.717) is 18.3 Å². The third-order valence-corrected chi connectivity index (χ3v) is 4.90. The predicted molar refractivity (Wildman–Crippen MR) is 94.6 cm³/mol. The minimum atomic E-state index is -0.327. The summed E-state index contributed by atoms with van der Waals surface area (Å²) in [6.07, 6.45) is 1.80. The van der Waals surface area contributed by atoms with E-state index in [1.807, 2.05) is 56.0 Å². The summed E-state index contributed by atoms with van der Waals surface area (Å²) in [5.74, 6) is 1.14. The van der Waals surface area contributed by atoms with Gasteiger partial charge < -0.3 is 15.2 Å². The highest BCUT2D eigenvalue weighted by Crippen LogP contribution is 2.33. The number of benzene rings is 1. The molecule has 1 aromatic heterocycles. The van der Waals surface area contributed by atoms with Crippen molar-refractivity contribution in [1.29, 1.82) is 0 Å². The summed E-state index contributed by atoms with van der Waals surface area (Å²) in [7, 11) is 0. The molecule has 0 aliphatic carbocycles. The fourth-order valence-electron chi connectivity index (χ4n) is 3.30. The van der Waals surface area contributed by atoms with Crippen molar-refractivity contribution in [2.24, 2.45) is 11.7 Å². The third-order valence-electron chi connectivity index (χ3n) is 4.90. The van der Waals surface area contributed by atoms with Gasteiger partial charge in [-0.2, -0.15) is 4.98 Å². The van der Waals surface area contributed by atoms with Crippen LogP contribution in [-0.4, -0.2) is 27.5 Å². The first-order chi connectivity index (χ1) is 12.0. The van der Waals surface area contributed by atoms with Gasteiger partial charge in [-0.05, 0) is 18.4 Å². The Bertz CT molecular complexity index is 713. The van der Waals surface area contributed by atoms with Crippen LogP contribution in [-0.2, 0) is 4.79 Å². The predicted octanol–water partition coefficient (Wildman–Crippen LogP) is 3.19. The maximum Gasteiger partial charge on any atom is 0.229 e. The average molecular weight is 342 g/mol. The molecule has 6 heteroatoms. The zero-order valence-corrected chi connectivity index (χ0v) is 15.1. The van der Waals surface area contributed by atoms with Crippen LogP contribution >= 0.6 is 0 Å². The van der Waals surface area contributed by atoms with E-state index < -0.39 is 0 Å². The molecule has 0 saturated carbocycles. The second-order valence-electron chi connectivity index (χ2n) is 7.06. The molecule has 2 N–H and O–H groups in total. The first-order valence-electron chi connectivity index (χ1n) is 8.93. The fraction of sp³-hybridized carbons (Fsp3) is 0.526. The summed E-state index contributed by atoms with van der Waals surface area (Å²) in [5, 5.41) is 4.10. The molecule has 1 aliphatic rings. The SMILES string of the molecule is CC(C)c1nc(C2CCCN2C(=O)C(C)C(N)c2ccccc2)no1. The Hall–Kier alpha value is -2.21. The molecule has 134 valence electrons. The number of carbonyl (C=O) groups is 1.